The molecule has 1 aliphatic carbocycles. The molecule has 1 rings (SSSR count). The lowest BCUT2D eigenvalue weighted by molar-refractivity contribution is -0.108. The zero-order chi connectivity index (χ0) is 8.81. The molecule has 2 nitrogen and oxygen atoms in total. The maximum Gasteiger partial charge on any atom is 0.120 e. The van der Waals surface area contributed by atoms with Gasteiger partial charge in [0.2, 0.25) is 0 Å². The summed E-state index contributed by atoms with van der Waals surface area (Å²) in [6, 6.07) is 0. The van der Waals surface area contributed by atoms with Crippen molar-refractivity contribution >= 4 is 6.29 Å². The fourth-order valence-electron chi connectivity index (χ4n) is 2.10. The van der Waals surface area contributed by atoms with Gasteiger partial charge >= 0.3 is 0 Å². The molecule has 0 aromatic rings. The number of rotatable bonds is 4. The molecule has 1 fully saturated rings. The van der Waals surface area contributed by atoms with Crippen LogP contribution in [0.25, 0.3) is 0 Å². The summed E-state index contributed by atoms with van der Waals surface area (Å²) >= 11 is 0. The van der Waals surface area contributed by atoms with Crippen LogP contribution in [0.3, 0.4) is 0 Å². The van der Waals surface area contributed by atoms with Crippen molar-refractivity contribution < 1.29 is 9.53 Å². The van der Waals surface area contributed by atoms with Gasteiger partial charge in [-0.3, -0.25) is 0 Å². The predicted molar refractivity (Wildman–Crippen MR) is 48.1 cm³/mol. The highest BCUT2D eigenvalue weighted by Gasteiger charge is 2.23. The van der Waals surface area contributed by atoms with Crippen LogP contribution in [0.15, 0.2) is 0 Å². The van der Waals surface area contributed by atoms with Crippen molar-refractivity contribution in [1.29, 1.82) is 0 Å². The van der Waals surface area contributed by atoms with Crippen LogP contribution < -0.4 is 0 Å². The molecule has 0 amide bonds. The molecular formula is C10H18O2. The third kappa shape index (κ3) is 2.59. The van der Waals surface area contributed by atoms with Gasteiger partial charge in [-0.15, -0.1) is 0 Å². The van der Waals surface area contributed by atoms with Crippen LogP contribution in [-0.2, 0) is 9.53 Å². The van der Waals surface area contributed by atoms with E-state index >= 15 is 0 Å². The molecule has 0 radical (unpaired) electrons. The molecule has 0 bridgehead atoms. The van der Waals surface area contributed by atoms with Gasteiger partial charge in [-0.05, 0) is 25.2 Å². The second-order valence-electron chi connectivity index (χ2n) is 3.56. The van der Waals surface area contributed by atoms with E-state index in [1.54, 1.807) is 7.11 Å². The molecule has 0 aliphatic heterocycles. The first kappa shape index (κ1) is 9.72. The van der Waals surface area contributed by atoms with Gasteiger partial charge in [-0.1, -0.05) is 12.8 Å². The average molecular weight is 170 g/mol. The van der Waals surface area contributed by atoms with E-state index in [1.807, 2.05) is 0 Å². The number of carbonyl (C=O) groups is 1. The van der Waals surface area contributed by atoms with Crippen molar-refractivity contribution in [3.8, 4) is 0 Å². The van der Waals surface area contributed by atoms with Crippen LogP contribution in [0, 0.1) is 5.92 Å². The van der Waals surface area contributed by atoms with Crippen LogP contribution >= 0.6 is 0 Å². The number of ether oxygens (including phenoxy) is 1. The number of methoxy groups -OCH3 is 1. The lowest BCUT2D eigenvalue weighted by Gasteiger charge is -2.29. The van der Waals surface area contributed by atoms with Crippen molar-refractivity contribution in [3.05, 3.63) is 0 Å². The van der Waals surface area contributed by atoms with Crippen molar-refractivity contribution in [1.82, 2.24) is 0 Å². The lowest BCUT2D eigenvalue weighted by atomic mass is 9.83. The van der Waals surface area contributed by atoms with E-state index in [2.05, 4.69) is 0 Å². The summed E-state index contributed by atoms with van der Waals surface area (Å²) in [5.74, 6) is 0.633. The van der Waals surface area contributed by atoms with Gasteiger partial charge in [0.25, 0.3) is 0 Å². The Morgan fingerprint density at radius 2 is 2.17 bits per heavy atom. The quantitative estimate of drug-likeness (QED) is 0.604. The normalized spacial score (nSPS) is 30.1. The zero-order valence-electron chi connectivity index (χ0n) is 7.79. The van der Waals surface area contributed by atoms with Gasteiger partial charge < -0.3 is 9.53 Å². The molecule has 0 N–H and O–H groups in total. The summed E-state index contributed by atoms with van der Waals surface area (Å²) in [4.78, 5) is 10.2. The summed E-state index contributed by atoms with van der Waals surface area (Å²) in [7, 11) is 1.78. The highest BCUT2D eigenvalue weighted by atomic mass is 16.5. The molecule has 12 heavy (non-hydrogen) atoms. The number of aldehydes is 1. The van der Waals surface area contributed by atoms with E-state index in [1.165, 1.54) is 25.7 Å². The predicted octanol–water partition coefficient (Wildman–Crippen LogP) is 2.17. The summed E-state index contributed by atoms with van der Waals surface area (Å²) in [5.41, 5.74) is 0. The van der Waals surface area contributed by atoms with Gasteiger partial charge in [-0.2, -0.15) is 0 Å². The SMILES string of the molecule is COC1CCCCC1CCC=O. The summed E-state index contributed by atoms with van der Waals surface area (Å²) in [5, 5.41) is 0. The second kappa shape index (κ2) is 5.31. The minimum Gasteiger partial charge on any atom is -0.381 e. The number of hydrogen-bond acceptors (Lipinski definition) is 2. The molecule has 70 valence electrons. The van der Waals surface area contributed by atoms with Crippen LogP contribution in [0.4, 0.5) is 0 Å². The average Bonchev–Trinajstić information content (AvgIpc) is 2.15. The first-order valence-corrected chi connectivity index (χ1v) is 4.85. The molecule has 0 aromatic heterocycles. The Morgan fingerprint density at radius 1 is 1.42 bits per heavy atom. The van der Waals surface area contributed by atoms with Crippen LogP contribution in [0.1, 0.15) is 38.5 Å². The first-order valence-electron chi connectivity index (χ1n) is 4.85. The van der Waals surface area contributed by atoms with Crippen molar-refractivity contribution in [2.24, 2.45) is 5.92 Å². The molecule has 2 unspecified atom stereocenters. The van der Waals surface area contributed by atoms with Crippen molar-refractivity contribution in [3.63, 3.8) is 0 Å². The minimum atomic E-state index is 0.415. The Labute approximate surface area is 74.3 Å². The Balaban J connectivity index is 2.30. The summed E-state index contributed by atoms with van der Waals surface area (Å²) in [6.07, 6.45) is 8.17. The van der Waals surface area contributed by atoms with E-state index in [0.717, 1.165) is 12.7 Å². The van der Waals surface area contributed by atoms with Crippen molar-refractivity contribution in [2.75, 3.05) is 7.11 Å². The number of carbonyl (C=O) groups excluding carboxylic acids is 1. The molecule has 2 heteroatoms. The maximum absolute atomic E-state index is 10.2. The molecule has 1 saturated carbocycles. The standard InChI is InChI=1S/C10H18O2/c1-12-10-7-3-2-5-9(10)6-4-8-11/h8-10H,2-7H2,1H3. The smallest absolute Gasteiger partial charge is 0.120 e. The molecule has 0 saturated heterocycles. The largest absolute Gasteiger partial charge is 0.381 e. The third-order valence-corrected chi connectivity index (χ3v) is 2.80. The maximum atomic E-state index is 10.2. The molecular weight excluding hydrogens is 152 g/mol. The highest BCUT2D eigenvalue weighted by Crippen LogP contribution is 2.29. The fourth-order valence-corrected chi connectivity index (χ4v) is 2.10. The fraction of sp³-hybridized carbons (Fsp3) is 0.900. The minimum absolute atomic E-state index is 0.415. The van der Waals surface area contributed by atoms with E-state index in [-0.39, 0.29) is 0 Å². The van der Waals surface area contributed by atoms with Crippen molar-refractivity contribution in [2.45, 2.75) is 44.6 Å². The topological polar surface area (TPSA) is 26.3 Å². The number of hydrogen-bond donors (Lipinski definition) is 0. The third-order valence-electron chi connectivity index (χ3n) is 2.80. The van der Waals surface area contributed by atoms with Gasteiger partial charge in [0.1, 0.15) is 6.29 Å². The van der Waals surface area contributed by atoms with E-state index in [4.69, 9.17) is 4.74 Å². The van der Waals surface area contributed by atoms with Gasteiger partial charge in [0.05, 0.1) is 6.10 Å². The van der Waals surface area contributed by atoms with E-state index in [0.29, 0.717) is 18.4 Å². The van der Waals surface area contributed by atoms with Crippen LogP contribution in [0.5, 0.6) is 0 Å². The Kier molecular flexibility index (Phi) is 4.30. The molecule has 0 aromatic carbocycles. The summed E-state index contributed by atoms with van der Waals surface area (Å²) in [6.45, 7) is 0. The zero-order valence-corrected chi connectivity index (χ0v) is 7.79. The summed E-state index contributed by atoms with van der Waals surface area (Å²) < 4.78 is 5.38. The molecule has 2 atom stereocenters. The Hall–Kier alpha value is -0.370. The molecule has 1 aliphatic rings. The van der Waals surface area contributed by atoms with Crippen LogP contribution in [0.2, 0.25) is 0 Å². The second-order valence-corrected chi connectivity index (χ2v) is 3.56. The van der Waals surface area contributed by atoms with E-state index < -0.39 is 0 Å². The van der Waals surface area contributed by atoms with Gasteiger partial charge in [-0.25, -0.2) is 0 Å². The Bertz CT molecular complexity index is 134. The van der Waals surface area contributed by atoms with E-state index in [9.17, 15) is 4.79 Å². The van der Waals surface area contributed by atoms with Gasteiger partial charge in [0.15, 0.2) is 0 Å². The monoisotopic (exact) mass is 170 g/mol. The first-order chi connectivity index (χ1) is 5.88. The Morgan fingerprint density at radius 3 is 2.83 bits per heavy atom. The molecule has 0 spiro atoms. The lowest BCUT2D eigenvalue weighted by Crippen LogP contribution is -2.26. The highest BCUT2D eigenvalue weighted by molar-refractivity contribution is 5.49. The van der Waals surface area contributed by atoms with Crippen LogP contribution in [-0.4, -0.2) is 19.5 Å². The molecule has 0 heterocycles. The van der Waals surface area contributed by atoms with Gasteiger partial charge in [0, 0.05) is 13.5 Å².